The molecule has 1 heterocycles. The zero-order chi connectivity index (χ0) is 11.3. The van der Waals surface area contributed by atoms with E-state index in [9.17, 15) is 0 Å². The molecule has 1 aromatic rings. The van der Waals surface area contributed by atoms with Gasteiger partial charge in [0.15, 0.2) is 0 Å². The molecule has 0 fully saturated rings. The van der Waals surface area contributed by atoms with Gasteiger partial charge in [-0.2, -0.15) is 0 Å². The van der Waals surface area contributed by atoms with Gasteiger partial charge < -0.3 is 10.2 Å². The predicted molar refractivity (Wildman–Crippen MR) is 71.5 cm³/mol. The van der Waals surface area contributed by atoms with Gasteiger partial charge in [-0.25, -0.2) is 0 Å². The van der Waals surface area contributed by atoms with E-state index in [4.69, 9.17) is 0 Å². The largest absolute Gasteiger partial charge is 0.309 e. The van der Waals surface area contributed by atoms with Crippen molar-refractivity contribution in [3.8, 4) is 0 Å². The fraction of sp³-hybridized carbons (Fsp3) is 0.636. The Bertz CT molecular complexity index is 288. The number of nitrogens with one attached hydrogen (secondary N) is 1. The van der Waals surface area contributed by atoms with E-state index in [0.29, 0.717) is 6.04 Å². The number of thiophene rings is 1. The summed E-state index contributed by atoms with van der Waals surface area (Å²) < 4.78 is 1.21. The van der Waals surface area contributed by atoms with Crippen LogP contribution in [0.15, 0.2) is 15.2 Å². The Hall–Kier alpha value is 0.100. The van der Waals surface area contributed by atoms with Gasteiger partial charge in [-0.1, -0.05) is 6.92 Å². The van der Waals surface area contributed by atoms with Crippen molar-refractivity contribution in [1.29, 1.82) is 0 Å². The van der Waals surface area contributed by atoms with Crippen LogP contribution in [0, 0.1) is 0 Å². The zero-order valence-corrected chi connectivity index (χ0v) is 12.0. The van der Waals surface area contributed by atoms with Gasteiger partial charge in [0.2, 0.25) is 0 Å². The van der Waals surface area contributed by atoms with Crippen LogP contribution in [0.5, 0.6) is 0 Å². The van der Waals surface area contributed by atoms with Crippen molar-refractivity contribution in [1.82, 2.24) is 10.2 Å². The Morgan fingerprint density at radius 1 is 1.60 bits per heavy atom. The van der Waals surface area contributed by atoms with E-state index in [2.05, 4.69) is 58.5 Å². The summed E-state index contributed by atoms with van der Waals surface area (Å²) in [4.78, 5) is 2.32. The smallest absolute Gasteiger partial charge is 0.0701 e. The van der Waals surface area contributed by atoms with Gasteiger partial charge in [0.1, 0.15) is 0 Å². The molecular weight excluding hydrogens is 272 g/mol. The summed E-state index contributed by atoms with van der Waals surface area (Å²) in [6.07, 6.45) is 0. The first-order valence-corrected chi connectivity index (χ1v) is 6.94. The molecule has 0 aliphatic carbocycles. The average Bonchev–Trinajstić information content (AvgIpc) is 2.61. The van der Waals surface area contributed by atoms with Gasteiger partial charge in [0.05, 0.1) is 3.79 Å². The third-order valence-electron chi connectivity index (χ3n) is 2.40. The van der Waals surface area contributed by atoms with Crippen LogP contribution < -0.4 is 5.32 Å². The van der Waals surface area contributed by atoms with Crippen LogP contribution >= 0.6 is 27.3 Å². The maximum Gasteiger partial charge on any atom is 0.0701 e. The summed E-state index contributed by atoms with van der Waals surface area (Å²) in [5.74, 6) is 0. The Balaban J connectivity index is 2.25. The van der Waals surface area contributed by atoms with Gasteiger partial charge in [-0.05, 0) is 53.5 Å². The van der Waals surface area contributed by atoms with Crippen LogP contribution in [0.4, 0.5) is 0 Å². The molecule has 2 nitrogen and oxygen atoms in total. The first-order valence-electron chi connectivity index (χ1n) is 5.26. The summed E-state index contributed by atoms with van der Waals surface area (Å²) in [6.45, 7) is 7.58. The zero-order valence-electron chi connectivity index (χ0n) is 9.59. The number of likely N-dealkylation sites (N-methyl/N-ethyl adjacent to an activating group) is 1. The van der Waals surface area contributed by atoms with Crippen LogP contribution in [0.2, 0.25) is 0 Å². The molecule has 0 spiro atoms. The number of rotatable bonds is 6. The molecule has 0 radical (unpaired) electrons. The molecule has 0 amide bonds. The van der Waals surface area contributed by atoms with Crippen molar-refractivity contribution in [3.05, 3.63) is 20.8 Å². The van der Waals surface area contributed by atoms with E-state index < -0.39 is 0 Å². The lowest BCUT2D eigenvalue weighted by molar-refractivity contribution is 0.309. The molecule has 1 rings (SSSR count). The van der Waals surface area contributed by atoms with Gasteiger partial charge >= 0.3 is 0 Å². The van der Waals surface area contributed by atoms with Gasteiger partial charge in [-0.15, -0.1) is 11.3 Å². The Kier molecular flexibility index (Phi) is 5.82. The van der Waals surface area contributed by atoms with Crippen LogP contribution in [-0.2, 0) is 6.54 Å². The lowest BCUT2D eigenvalue weighted by Crippen LogP contribution is -2.36. The molecule has 0 saturated carbocycles. The molecule has 0 aliphatic rings. The van der Waals surface area contributed by atoms with Gasteiger partial charge in [0, 0.05) is 19.1 Å². The molecule has 4 heteroatoms. The van der Waals surface area contributed by atoms with Gasteiger partial charge in [0.25, 0.3) is 0 Å². The monoisotopic (exact) mass is 290 g/mol. The van der Waals surface area contributed by atoms with Crippen molar-refractivity contribution >= 4 is 27.3 Å². The molecule has 0 bridgehead atoms. The van der Waals surface area contributed by atoms with E-state index in [1.165, 1.54) is 9.35 Å². The van der Waals surface area contributed by atoms with E-state index in [1.807, 2.05) is 0 Å². The fourth-order valence-corrected chi connectivity index (χ4v) is 2.60. The van der Waals surface area contributed by atoms with E-state index in [0.717, 1.165) is 19.6 Å². The second-order valence-corrected chi connectivity index (χ2v) is 6.19. The van der Waals surface area contributed by atoms with Crippen molar-refractivity contribution in [3.63, 3.8) is 0 Å². The number of halogens is 1. The summed E-state index contributed by atoms with van der Waals surface area (Å²) in [6, 6.07) is 2.71. The van der Waals surface area contributed by atoms with Gasteiger partial charge in [-0.3, -0.25) is 0 Å². The Morgan fingerprint density at radius 2 is 2.33 bits per heavy atom. The number of hydrogen-bond donors (Lipinski definition) is 1. The Morgan fingerprint density at radius 3 is 2.87 bits per heavy atom. The highest BCUT2D eigenvalue weighted by molar-refractivity contribution is 9.11. The van der Waals surface area contributed by atoms with E-state index in [1.54, 1.807) is 11.3 Å². The van der Waals surface area contributed by atoms with Crippen molar-refractivity contribution in [2.75, 3.05) is 20.1 Å². The summed E-state index contributed by atoms with van der Waals surface area (Å²) in [5.41, 5.74) is 1.36. The summed E-state index contributed by atoms with van der Waals surface area (Å²) in [7, 11) is 2.15. The highest BCUT2D eigenvalue weighted by atomic mass is 79.9. The van der Waals surface area contributed by atoms with Crippen LogP contribution in [-0.4, -0.2) is 31.1 Å². The molecule has 15 heavy (non-hydrogen) atoms. The van der Waals surface area contributed by atoms with Crippen LogP contribution in [0.1, 0.15) is 19.4 Å². The molecule has 0 saturated heterocycles. The standard InChI is InChI=1S/C11H19BrN2S/c1-4-14(3)7-9(2)13-6-10-5-11(12)15-8-10/h5,8-9,13H,4,6-7H2,1-3H3. The summed E-state index contributed by atoms with van der Waals surface area (Å²) in [5, 5.41) is 5.71. The van der Waals surface area contributed by atoms with Crippen molar-refractivity contribution in [2.45, 2.75) is 26.4 Å². The maximum absolute atomic E-state index is 3.52. The lowest BCUT2D eigenvalue weighted by atomic mass is 10.2. The summed E-state index contributed by atoms with van der Waals surface area (Å²) >= 11 is 5.21. The van der Waals surface area contributed by atoms with Crippen molar-refractivity contribution in [2.24, 2.45) is 0 Å². The third-order valence-corrected chi connectivity index (χ3v) is 3.96. The molecule has 0 aliphatic heterocycles. The van der Waals surface area contributed by atoms with E-state index >= 15 is 0 Å². The van der Waals surface area contributed by atoms with Crippen LogP contribution in [0.3, 0.4) is 0 Å². The van der Waals surface area contributed by atoms with Crippen molar-refractivity contribution < 1.29 is 0 Å². The first-order chi connectivity index (χ1) is 7.11. The molecule has 0 aromatic carbocycles. The second-order valence-electron chi connectivity index (χ2n) is 3.90. The Labute approximate surface area is 105 Å². The first kappa shape index (κ1) is 13.2. The predicted octanol–water partition coefficient (Wildman–Crippen LogP) is 2.94. The minimum atomic E-state index is 0.536. The molecule has 1 atom stereocenters. The minimum Gasteiger partial charge on any atom is -0.309 e. The molecular formula is C11H19BrN2S. The molecule has 1 aromatic heterocycles. The number of hydrogen-bond acceptors (Lipinski definition) is 3. The number of nitrogens with zero attached hydrogens (tertiary/aromatic N) is 1. The normalized spacial score (nSPS) is 13.4. The quantitative estimate of drug-likeness (QED) is 0.867. The highest BCUT2D eigenvalue weighted by Crippen LogP contribution is 2.20. The highest BCUT2D eigenvalue weighted by Gasteiger charge is 2.04. The SMILES string of the molecule is CCN(C)CC(C)NCc1csc(Br)c1. The minimum absolute atomic E-state index is 0.536. The molecule has 1 N–H and O–H groups in total. The fourth-order valence-electron chi connectivity index (χ4n) is 1.39. The topological polar surface area (TPSA) is 15.3 Å². The van der Waals surface area contributed by atoms with Crippen LogP contribution in [0.25, 0.3) is 0 Å². The second kappa shape index (κ2) is 6.63. The van der Waals surface area contributed by atoms with E-state index in [-0.39, 0.29) is 0 Å². The maximum atomic E-state index is 3.52. The average molecular weight is 291 g/mol. The molecule has 86 valence electrons. The third kappa shape index (κ3) is 5.11. The lowest BCUT2D eigenvalue weighted by Gasteiger charge is -2.20. The molecule has 1 unspecified atom stereocenters.